The van der Waals surface area contributed by atoms with Crippen LogP contribution >= 0.6 is 11.6 Å². The summed E-state index contributed by atoms with van der Waals surface area (Å²) < 4.78 is 37.0. The molecule has 0 amide bonds. The van der Waals surface area contributed by atoms with Crippen molar-refractivity contribution in [3.8, 4) is 5.75 Å². The van der Waals surface area contributed by atoms with Crippen LogP contribution in [-0.4, -0.2) is 10.9 Å². The van der Waals surface area contributed by atoms with Crippen molar-refractivity contribution >= 4 is 17.4 Å². The van der Waals surface area contributed by atoms with Gasteiger partial charge in [0.2, 0.25) is 0 Å². The molecule has 0 atom stereocenters. The molecule has 6 heteroatoms. The lowest BCUT2D eigenvalue weighted by Crippen LogP contribution is -2.07. The molecule has 0 aliphatic carbocycles. The van der Waals surface area contributed by atoms with E-state index in [4.69, 9.17) is 16.7 Å². The van der Waals surface area contributed by atoms with E-state index in [0.717, 1.165) is 13.0 Å². The summed E-state index contributed by atoms with van der Waals surface area (Å²) in [6.45, 7) is 1.11. The third-order valence-corrected chi connectivity index (χ3v) is 2.06. The van der Waals surface area contributed by atoms with E-state index in [1.54, 1.807) is 0 Å². The molecule has 1 aromatic rings. The molecule has 0 spiro atoms. The van der Waals surface area contributed by atoms with Crippen LogP contribution in [0.5, 0.6) is 5.75 Å². The first-order chi connectivity index (χ1) is 6.73. The number of halogens is 4. The molecule has 82 valence electrons. The molecule has 0 fully saturated rings. The topological polar surface area (TPSA) is 37.3 Å². The molecule has 1 rings (SSSR count). The number of carbonyl (C=O) groups is 1. The number of aromatic hydroxyl groups is 1. The third kappa shape index (κ3) is 2.41. The van der Waals surface area contributed by atoms with Crippen molar-refractivity contribution in [2.24, 2.45) is 0 Å². The molecule has 2 nitrogen and oxygen atoms in total. The van der Waals surface area contributed by atoms with E-state index in [1.807, 2.05) is 0 Å². The number of phenolic OH excluding ortho intramolecular Hbond substituents is 1. The minimum Gasteiger partial charge on any atom is -0.506 e. The molecular weight excluding hydrogens is 233 g/mol. The summed E-state index contributed by atoms with van der Waals surface area (Å²) in [7, 11) is 0. The molecule has 1 N–H and O–H groups in total. The van der Waals surface area contributed by atoms with Crippen LogP contribution in [0.2, 0.25) is 5.02 Å². The Bertz CT molecular complexity index is 413. The van der Waals surface area contributed by atoms with E-state index >= 15 is 0 Å². The zero-order valence-corrected chi connectivity index (χ0v) is 8.28. The van der Waals surface area contributed by atoms with Gasteiger partial charge in [0.1, 0.15) is 5.75 Å². The quantitative estimate of drug-likeness (QED) is 0.763. The fraction of sp³-hybridized carbons (Fsp3) is 0.222. The largest absolute Gasteiger partial charge is 0.506 e. The molecule has 1 aromatic carbocycles. The smallest absolute Gasteiger partial charge is 0.420 e. The lowest BCUT2D eigenvalue weighted by Gasteiger charge is -2.11. The average Bonchev–Trinajstić information content (AvgIpc) is 2.06. The highest BCUT2D eigenvalue weighted by molar-refractivity contribution is 6.32. The highest BCUT2D eigenvalue weighted by Crippen LogP contribution is 2.40. The molecule has 0 bridgehead atoms. The van der Waals surface area contributed by atoms with Crippen molar-refractivity contribution in [1.29, 1.82) is 0 Å². The van der Waals surface area contributed by atoms with Gasteiger partial charge in [-0.15, -0.1) is 0 Å². The molecular formula is C9H6ClF3O2. The van der Waals surface area contributed by atoms with Gasteiger partial charge < -0.3 is 5.11 Å². The van der Waals surface area contributed by atoms with Crippen molar-refractivity contribution in [2.75, 3.05) is 0 Å². The summed E-state index contributed by atoms with van der Waals surface area (Å²) in [6, 6.07) is 1.57. The minimum absolute atomic E-state index is 0.190. The molecule has 0 radical (unpaired) electrons. The Labute approximate surface area is 88.3 Å². The van der Waals surface area contributed by atoms with E-state index in [-0.39, 0.29) is 5.56 Å². The number of hydrogen-bond acceptors (Lipinski definition) is 2. The van der Waals surface area contributed by atoms with Gasteiger partial charge in [-0.05, 0) is 19.1 Å². The number of carbonyl (C=O) groups excluding carboxylic acids is 1. The van der Waals surface area contributed by atoms with Crippen LogP contribution in [0.25, 0.3) is 0 Å². The van der Waals surface area contributed by atoms with Crippen LogP contribution in [0, 0.1) is 0 Å². The molecule has 0 aliphatic heterocycles. The van der Waals surface area contributed by atoms with Gasteiger partial charge in [0.15, 0.2) is 5.78 Å². The molecule has 0 aliphatic rings. The van der Waals surface area contributed by atoms with Crippen LogP contribution in [0.1, 0.15) is 22.8 Å². The number of hydrogen-bond donors (Lipinski definition) is 1. The second-order valence-electron chi connectivity index (χ2n) is 2.91. The summed E-state index contributed by atoms with van der Waals surface area (Å²) >= 11 is 5.37. The Balaban J connectivity index is 3.45. The fourth-order valence-electron chi connectivity index (χ4n) is 1.02. The number of phenols is 1. The normalized spacial score (nSPS) is 11.5. The summed E-state index contributed by atoms with van der Waals surface area (Å²) in [6.07, 6.45) is -4.74. The summed E-state index contributed by atoms with van der Waals surface area (Å²) in [5.41, 5.74) is -1.50. The molecule has 0 aromatic heterocycles. The Hall–Kier alpha value is -1.23. The number of rotatable bonds is 1. The number of benzene rings is 1. The Morgan fingerprint density at radius 2 is 1.93 bits per heavy atom. The van der Waals surface area contributed by atoms with E-state index < -0.39 is 28.3 Å². The monoisotopic (exact) mass is 238 g/mol. The second-order valence-corrected chi connectivity index (χ2v) is 3.32. The zero-order valence-electron chi connectivity index (χ0n) is 7.52. The number of alkyl halides is 3. The molecule has 15 heavy (non-hydrogen) atoms. The predicted octanol–water partition coefficient (Wildman–Crippen LogP) is 3.27. The highest BCUT2D eigenvalue weighted by Gasteiger charge is 2.35. The standard InChI is InChI=1S/C9H6ClF3O2/c1-4(14)5-2-6(9(11,12)13)8(15)7(10)3-5/h2-3,15H,1H3. The highest BCUT2D eigenvalue weighted by atomic mass is 35.5. The average molecular weight is 239 g/mol. The van der Waals surface area contributed by atoms with Gasteiger partial charge in [-0.3, -0.25) is 4.79 Å². The van der Waals surface area contributed by atoms with Crippen LogP contribution in [-0.2, 0) is 6.18 Å². The first kappa shape index (κ1) is 11.8. The first-order valence-corrected chi connectivity index (χ1v) is 4.22. The lowest BCUT2D eigenvalue weighted by molar-refractivity contribution is -0.138. The van der Waals surface area contributed by atoms with Crippen LogP contribution in [0.3, 0.4) is 0 Å². The van der Waals surface area contributed by atoms with Gasteiger partial charge in [0.25, 0.3) is 0 Å². The molecule has 0 saturated heterocycles. The Morgan fingerprint density at radius 3 is 2.33 bits per heavy atom. The van der Waals surface area contributed by atoms with E-state index in [2.05, 4.69) is 0 Å². The van der Waals surface area contributed by atoms with E-state index in [0.29, 0.717) is 6.07 Å². The van der Waals surface area contributed by atoms with Gasteiger partial charge in [-0.25, -0.2) is 0 Å². The molecule has 0 heterocycles. The summed E-state index contributed by atoms with van der Waals surface area (Å²) in [5, 5.41) is 8.59. The van der Waals surface area contributed by atoms with Crippen LogP contribution in [0.15, 0.2) is 12.1 Å². The van der Waals surface area contributed by atoms with Gasteiger partial charge in [-0.2, -0.15) is 13.2 Å². The predicted molar refractivity (Wildman–Crippen MR) is 48.1 cm³/mol. The minimum atomic E-state index is -4.74. The van der Waals surface area contributed by atoms with E-state index in [1.165, 1.54) is 0 Å². The lowest BCUT2D eigenvalue weighted by atomic mass is 10.1. The van der Waals surface area contributed by atoms with E-state index in [9.17, 15) is 18.0 Å². The van der Waals surface area contributed by atoms with Gasteiger partial charge in [0.05, 0.1) is 10.6 Å². The first-order valence-electron chi connectivity index (χ1n) is 3.84. The van der Waals surface area contributed by atoms with Crippen molar-refractivity contribution in [2.45, 2.75) is 13.1 Å². The number of ketones is 1. The van der Waals surface area contributed by atoms with Crippen molar-refractivity contribution in [3.63, 3.8) is 0 Å². The molecule has 0 unspecified atom stereocenters. The maximum atomic E-state index is 12.3. The van der Waals surface area contributed by atoms with Gasteiger partial charge >= 0.3 is 6.18 Å². The van der Waals surface area contributed by atoms with Gasteiger partial charge in [0, 0.05) is 5.56 Å². The van der Waals surface area contributed by atoms with Crippen molar-refractivity contribution in [1.82, 2.24) is 0 Å². The third-order valence-electron chi connectivity index (χ3n) is 1.78. The van der Waals surface area contributed by atoms with Crippen molar-refractivity contribution < 1.29 is 23.1 Å². The molecule has 0 saturated carbocycles. The van der Waals surface area contributed by atoms with Crippen LogP contribution < -0.4 is 0 Å². The van der Waals surface area contributed by atoms with Gasteiger partial charge in [-0.1, -0.05) is 11.6 Å². The summed E-state index contributed by atoms with van der Waals surface area (Å²) in [5.74, 6) is -1.61. The fourth-order valence-corrected chi connectivity index (χ4v) is 1.24. The van der Waals surface area contributed by atoms with Crippen molar-refractivity contribution in [3.05, 3.63) is 28.3 Å². The Kier molecular flexibility index (Phi) is 2.95. The maximum Gasteiger partial charge on any atom is 0.420 e. The Morgan fingerprint density at radius 1 is 1.40 bits per heavy atom. The SMILES string of the molecule is CC(=O)c1cc(Cl)c(O)c(C(F)(F)F)c1. The zero-order chi connectivity index (χ0) is 11.8. The second kappa shape index (κ2) is 3.73. The summed E-state index contributed by atoms with van der Waals surface area (Å²) in [4.78, 5) is 10.9. The van der Waals surface area contributed by atoms with Crippen LogP contribution in [0.4, 0.5) is 13.2 Å². The maximum absolute atomic E-state index is 12.3. The number of Topliss-reactive ketones (excluding diaryl/α,β-unsaturated/α-hetero) is 1.